The van der Waals surface area contributed by atoms with Crippen LogP contribution in [0, 0.1) is 6.92 Å². The van der Waals surface area contributed by atoms with Crippen LogP contribution in [0.4, 0.5) is 23.7 Å². The van der Waals surface area contributed by atoms with Gasteiger partial charge >= 0.3 is 12.2 Å². The topological polar surface area (TPSA) is 58.2 Å². The third-order valence-electron chi connectivity index (χ3n) is 1.79. The number of hydrogen-bond donors (Lipinski definition) is 2. The molecule has 0 heterocycles. The van der Waals surface area contributed by atoms with Gasteiger partial charge in [-0.05, 0) is 18.2 Å². The largest absolute Gasteiger partial charge is 0.418 e. The summed E-state index contributed by atoms with van der Waals surface area (Å²) in [7, 11) is 0. The number of halogens is 4. The fourth-order valence-corrected chi connectivity index (χ4v) is 1.32. The molecule has 0 aliphatic rings. The van der Waals surface area contributed by atoms with Crippen LogP contribution in [0.5, 0.6) is 0 Å². The number of carbonyl (C=O) groups excluding carboxylic acids is 2. The first-order chi connectivity index (χ1) is 8.20. The Hall–Kier alpha value is -1.76. The number of anilines is 1. The molecule has 1 aromatic rings. The van der Waals surface area contributed by atoms with E-state index in [0.717, 1.165) is 18.2 Å². The molecule has 0 aliphatic carbocycles. The highest BCUT2D eigenvalue weighted by Gasteiger charge is 2.34. The molecular formula is C10H7ClF3N2O2. The van der Waals surface area contributed by atoms with Gasteiger partial charge in [0, 0.05) is 11.9 Å². The van der Waals surface area contributed by atoms with E-state index in [1.807, 2.05) is 5.32 Å². The molecule has 2 N–H and O–H groups in total. The molecule has 0 unspecified atom stereocenters. The van der Waals surface area contributed by atoms with Crippen molar-refractivity contribution in [3.63, 3.8) is 0 Å². The van der Waals surface area contributed by atoms with Crippen LogP contribution in [-0.2, 0) is 11.0 Å². The number of urea groups is 1. The van der Waals surface area contributed by atoms with Crippen molar-refractivity contribution < 1.29 is 22.8 Å². The molecule has 0 aliphatic heterocycles. The summed E-state index contributed by atoms with van der Waals surface area (Å²) in [6.45, 7) is 2.85. The third kappa shape index (κ3) is 3.92. The smallest absolute Gasteiger partial charge is 0.307 e. The number of alkyl halides is 3. The van der Waals surface area contributed by atoms with Crippen molar-refractivity contribution >= 4 is 29.2 Å². The van der Waals surface area contributed by atoms with Gasteiger partial charge < -0.3 is 5.32 Å². The maximum atomic E-state index is 12.6. The van der Waals surface area contributed by atoms with Crippen LogP contribution in [0.15, 0.2) is 18.2 Å². The summed E-state index contributed by atoms with van der Waals surface area (Å²) in [6.07, 6.45) is -4.65. The fraction of sp³-hybridized carbons (Fsp3) is 0.100. The van der Waals surface area contributed by atoms with Crippen LogP contribution in [0.3, 0.4) is 0 Å². The van der Waals surface area contributed by atoms with Gasteiger partial charge in [0.05, 0.1) is 11.3 Å². The second-order valence-electron chi connectivity index (χ2n) is 3.19. The highest BCUT2D eigenvalue weighted by molar-refractivity contribution is 6.31. The molecule has 1 radical (unpaired) electrons. The van der Waals surface area contributed by atoms with Gasteiger partial charge in [-0.1, -0.05) is 11.6 Å². The first kappa shape index (κ1) is 14.3. The zero-order valence-electron chi connectivity index (χ0n) is 8.77. The van der Waals surface area contributed by atoms with Crippen LogP contribution in [0.2, 0.25) is 5.02 Å². The maximum absolute atomic E-state index is 12.6. The second kappa shape index (κ2) is 5.26. The van der Waals surface area contributed by atoms with E-state index in [9.17, 15) is 22.8 Å². The molecule has 0 bridgehead atoms. The van der Waals surface area contributed by atoms with E-state index >= 15 is 0 Å². The van der Waals surface area contributed by atoms with Crippen molar-refractivity contribution in [2.75, 3.05) is 5.32 Å². The van der Waals surface area contributed by atoms with Crippen LogP contribution in [-0.4, -0.2) is 11.9 Å². The highest BCUT2D eigenvalue weighted by Crippen LogP contribution is 2.36. The predicted octanol–water partition coefficient (Wildman–Crippen LogP) is 2.84. The van der Waals surface area contributed by atoms with Crippen molar-refractivity contribution in [3.05, 3.63) is 35.7 Å². The average molecular weight is 280 g/mol. The second-order valence-corrected chi connectivity index (χ2v) is 3.63. The Bertz CT molecular complexity index is 489. The number of imide groups is 1. The Morgan fingerprint density at radius 1 is 1.28 bits per heavy atom. The van der Waals surface area contributed by atoms with E-state index in [1.54, 1.807) is 5.32 Å². The van der Waals surface area contributed by atoms with E-state index in [-0.39, 0.29) is 5.02 Å². The number of rotatable bonds is 1. The minimum Gasteiger partial charge on any atom is -0.307 e. The SMILES string of the molecule is [CH2]C(=O)NC(=O)Nc1cc(Cl)ccc1C(F)(F)F. The zero-order valence-corrected chi connectivity index (χ0v) is 9.52. The Morgan fingerprint density at radius 2 is 1.89 bits per heavy atom. The van der Waals surface area contributed by atoms with Gasteiger partial charge in [0.2, 0.25) is 5.91 Å². The summed E-state index contributed by atoms with van der Waals surface area (Å²) in [6, 6.07) is 1.57. The first-order valence-corrected chi connectivity index (χ1v) is 4.88. The number of benzene rings is 1. The van der Waals surface area contributed by atoms with Gasteiger partial charge in [0.1, 0.15) is 0 Å². The summed E-state index contributed by atoms with van der Waals surface area (Å²) in [5, 5.41) is 3.57. The van der Waals surface area contributed by atoms with E-state index in [4.69, 9.17) is 11.6 Å². The monoisotopic (exact) mass is 279 g/mol. The molecule has 8 heteroatoms. The van der Waals surface area contributed by atoms with Crippen molar-refractivity contribution in [3.8, 4) is 0 Å². The fourth-order valence-electron chi connectivity index (χ4n) is 1.15. The van der Waals surface area contributed by atoms with E-state index in [1.165, 1.54) is 0 Å². The van der Waals surface area contributed by atoms with Crippen molar-refractivity contribution in [2.45, 2.75) is 6.18 Å². The Morgan fingerprint density at radius 3 is 2.39 bits per heavy atom. The molecule has 18 heavy (non-hydrogen) atoms. The van der Waals surface area contributed by atoms with E-state index in [2.05, 4.69) is 6.92 Å². The predicted molar refractivity (Wildman–Crippen MR) is 59.0 cm³/mol. The number of nitrogens with one attached hydrogen (secondary N) is 2. The first-order valence-electron chi connectivity index (χ1n) is 4.51. The quantitative estimate of drug-likeness (QED) is 0.830. The molecule has 3 amide bonds. The van der Waals surface area contributed by atoms with Gasteiger partial charge in [-0.2, -0.15) is 13.2 Å². The minimum atomic E-state index is -4.65. The van der Waals surface area contributed by atoms with Crippen LogP contribution in [0.1, 0.15) is 5.56 Å². The van der Waals surface area contributed by atoms with Crippen LogP contribution < -0.4 is 10.6 Å². The highest BCUT2D eigenvalue weighted by atomic mass is 35.5. The zero-order chi connectivity index (χ0) is 13.9. The molecule has 0 fully saturated rings. The van der Waals surface area contributed by atoms with E-state index in [0.29, 0.717) is 0 Å². The Balaban J connectivity index is 3.03. The minimum absolute atomic E-state index is 0.0132. The van der Waals surface area contributed by atoms with Gasteiger partial charge in [0.15, 0.2) is 0 Å². The number of hydrogen-bond acceptors (Lipinski definition) is 2. The molecule has 0 aromatic heterocycles. The molecule has 0 saturated carbocycles. The molecular weight excluding hydrogens is 273 g/mol. The van der Waals surface area contributed by atoms with Crippen molar-refractivity contribution in [1.29, 1.82) is 0 Å². The lowest BCUT2D eigenvalue weighted by atomic mass is 10.1. The average Bonchev–Trinajstić information content (AvgIpc) is 2.13. The lowest BCUT2D eigenvalue weighted by Gasteiger charge is -2.13. The molecule has 0 saturated heterocycles. The summed E-state index contributed by atoms with van der Waals surface area (Å²) < 4.78 is 37.8. The summed E-state index contributed by atoms with van der Waals surface area (Å²) >= 11 is 5.54. The Kier molecular flexibility index (Phi) is 4.18. The molecule has 0 atom stereocenters. The number of carbonyl (C=O) groups is 2. The van der Waals surface area contributed by atoms with E-state index < -0.39 is 29.4 Å². The van der Waals surface area contributed by atoms with Crippen molar-refractivity contribution in [1.82, 2.24) is 5.32 Å². The Labute approximate surface area is 105 Å². The lowest BCUT2D eigenvalue weighted by Crippen LogP contribution is -2.33. The number of amides is 3. The third-order valence-corrected chi connectivity index (χ3v) is 2.02. The normalized spacial score (nSPS) is 10.9. The van der Waals surface area contributed by atoms with Crippen LogP contribution in [0.25, 0.3) is 0 Å². The van der Waals surface area contributed by atoms with Gasteiger partial charge in [0.25, 0.3) is 0 Å². The molecule has 1 rings (SSSR count). The molecule has 4 nitrogen and oxygen atoms in total. The molecule has 1 aromatic carbocycles. The lowest BCUT2D eigenvalue weighted by molar-refractivity contribution is -0.136. The van der Waals surface area contributed by atoms with Crippen LogP contribution >= 0.6 is 11.6 Å². The van der Waals surface area contributed by atoms with Gasteiger partial charge in [-0.15, -0.1) is 0 Å². The summed E-state index contributed by atoms with van der Waals surface area (Å²) in [5.41, 5.74) is -1.62. The standard InChI is InChI=1S/C10H7ClF3N2O2/c1-5(17)15-9(18)16-8-4-6(11)2-3-7(8)10(12,13)14/h2-4H,1H2,(H2,15,16,17,18). The maximum Gasteiger partial charge on any atom is 0.418 e. The van der Waals surface area contributed by atoms with Crippen molar-refractivity contribution in [2.24, 2.45) is 0 Å². The summed E-state index contributed by atoms with van der Waals surface area (Å²) in [4.78, 5) is 21.6. The summed E-state index contributed by atoms with van der Waals surface area (Å²) in [5.74, 6) is -0.942. The van der Waals surface area contributed by atoms with Gasteiger partial charge in [-0.3, -0.25) is 10.1 Å². The molecule has 0 spiro atoms. The molecule has 97 valence electrons. The van der Waals surface area contributed by atoms with Gasteiger partial charge in [-0.25, -0.2) is 4.79 Å².